The first-order valence-electron chi connectivity index (χ1n) is 10.4. The zero-order chi connectivity index (χ0) is 23.4. The molecule has 8 heteroatoms. The van der Waals surface area contributed by atoms with Crippen LogP contribution in [0.15, 0.2) is 71.5 Å². The van der Waals surface area contributed by atoms with E-state index in [9.17, 15) is 9.59 Å². The number of nitrogens with one attached hydrogen (secondary N) is 2. The number of ether oxygens (including phenoxy) is 2. The van der Waals surface area contributed by atoms with E-state index in [0.29, 0.717) is 46.6 Å². The van der Waals surface area contributed by atoms with Crippen molar-refractivity contribution in [2.75, 3.05) is 20.8 Å². The second-order valence-electron chi connectivity index (χ2n) is 7.36. The van der Waals surface area contributed by atoms with Crippen LogP contribution >= 0.6 is 12.2 Å². The topological polar surface area (TPSA) is 85.4 Å². The Hall–Kier alpha value is -3.91. The Balaban J connectivity index is 1.51. The summed E-state index contributed by atoms with van der Waals surface area (Å²) in [6.45, 7) is 0.442. The molecule has 4 rings (SSSR count). The minimum absolute atomic E-state index is 0.232. The van der Waals surface area contributed by atoms with E-state index in [1.807, 2.05) is 48.5 Å². The van der Waals surface area contributed by atoms with Gasteiger partial charge in [-0.15, -0.1) is 0 Å². The SMILES string of the molecule is COc1ccc(CCNC(=O)c2ccc3c(=O)n(-c4ccccc4)c(=S)[nH]c3c2)cc1OC. The van der Waals surface area contributed by atoms with E-state index in [4.69, 9.17) is 21.7 Å². The summed E-state index contributed by atoms with van der Waals surface area (Å²) in [7, 11) is 3.17. The monoisotopic (exact) mass is 461 g/mol. The van der Waals surface area contributed by atoms with Crippen molar-refractivity contribution in [3.8, 4) is 17.2 Å². The number of hydrogen-bond acceptors (Lipinski definition) is 5. The molecule has 4 aromatic rings. The highest BCUT2D eigenvalue weighted by Crippen LogP contribution is 2.27. The van der Waals surface area contributed by atoms with Gasteiger partial charge in [0.05, 0.1) is 30.8 Å². The minimum Gasteiger partial charge on any atom is -0.493 e. The number of benzene rings is 3. The Bertz CT molecular complexity index is 1430. The zero-order valence-electron chi connectivity index (χ0n) is 18.3. The predicted molar refractivity (Wildman–Crippen MR) is 130 cm³/mol. The first kappa shape index (κ1) is 22.3. The molecule has 0 radical (unpaired) electrons. The number of fused-ring (bicyclic) bond motifs is 1. The maximum absolute atomic E-state index is 13.0. The van der Waals surface area contributed by atoms with E-state index in [0.717, 1.165) is 5.56 Å². The van der Waals surface area contributed by atoms with Crippen molar-refractivity contribution in [3.05, 3.63) is 93.0 Å². The number of para-hydroxylation sites is 1. The van der Waals surface area contributed by atoms with Crippen molar-refractivity contribution in [1.29, 1.82) is 0 Å². The fourth-order valence-electron chi connectivity index (χ4n) is 3.63. The van der Waals surface area contributed by atoms with Crippen LogP contribution in [-0.4, -0.2) is 36.2 Å². The number of aromatic nitrogens is 2. The summed E-state index contributed by atoms with van der Waals surface area (Å²) in [5, 5.41) is 3.36. The van der Waals surface area contributed by atoms with Crippen LogP contribution in [0.1, 0.15) is 15.9 Å². The molecule has 0 unspecified atom stereocenters. The first-order valence-corrected chi connectivity index (χ1v) is 10.8. The largest absolute Gasteiger partial charge is 0.493 e. The van der Waals surface area contributed by atoms with Crippen molar-refractivity contribution >= 4 is 29.0 Å². The van der Waals surface area contributed by atoms with Gasteiger partial charge in [-0.2, -0.15) is 0 Å². The minimum atomic E-state index is -0.236. The molecular weight excluding hydrogens is 438 g/mol. The Kier molecular flexibility index (Phi) is 6.55. The maximum Gasteiger partial charge on any atom is 0.266 e. The molecule has 0 aliphatic rings. The van der Waals surface area contributed by atoms with Crippen molar-refractivity contribution in [1.82, 2.24) is 14.9 Å². The van der Waals surface area contributed by atoms with Crippen LogP contribution in [0.2, 0.25) is 0 Å². The number of carbonyl (C=O) groups excluding carboxylic acids is 1. The van der Waals surface area contributed by atoms with Gasteiger partial charge >= 0.3 is 0 Å². The van der Waals surface area contributed by atoms with E-state index < -0.39 is 0 Å². The van der Waals surface area contributed by atoms with Crippen molar-refractivity contribution in [3.63, 3.8) is 0 Å². The Morgan fingerprint density at radius 2 is 1.76 bits per heavy atom. The van der Waals surface area contributed by atoms with Gasteiger partial charge in [-0.25, -0.2) is 0 Å². The van der Waals surface area contributed by atoms with E-state index in [-0.39, 0.29) is 16.2 Å². The van der Waals surface area contributed by atoms with E-state index in [1.165, 1.54) is 4.57 Å². The molecule has 0 fully saturated rings. The lowest BCUT2D eigenvalue weighted by molar-refractivity contribution is 0.0954. The summed E-state index contributed by atoms with van der Waals surface area (Å²) in [6.07, 6.45) is 0.629. The number of H-pyrrole nitrogens is 1. The fraction of sp³-hybridized carbons (Fsp3) is 0.160. The predicted octanol–water partition coefficient (Wildman–Crippen LogP) is 4.04. The van der Waals surface area contributed by atoms with Gasteiger partial charge in [-0.3, -0.25) is 14.2 Å². The molecule has 0 atom stereocenters. The van der Waals surface area contributed by atoms with E-state index in [2.05, 4.69) is 10.3 Å². The summed E-state index contributed by atoms with van der Waals surface area (Å²) >= 11 is 5.41. The lowest BCUT2D eigenvalue weighted by Crippen LogP contribution is -2.26. The highest BCUT2D eigenvalue weighted by Gasteiger charge is 2.12. The van der Waals surface area contributed by atoms with Gasteiger partial charge in [-0.05, 0) is 66.7 Å². The molecule has 3 aromatic carbocycles. The first-order chi connectivity index (χ1) is 16.0. The van der Waals surface area contributed by atoms with Crippen LogP contribution in [0.4, 0.5) is 0 Å². The normalized spacial score (nSPS) is 10.7. The molecule has 0 saturated carbocycles. The van der Waals surface area contributed by atoms with Crippen molar-refractivity contribution < 1.29 is 14.3 Å². The van der Waals surface area contributed by atoms with Gasteiger partial charge in [0.1, 0.15) is 0 Å². The molecule has 0 saturated heterocycles. The van der Waals surface area contributed by atoms with Gasteiger partial charge in [0.25, 0.3) is 11.5 Å². The van der Waals surface area contributed by atoms with Crippen LogP contribution in [0.3, 0.4) is 0 Å². The summed E-state index contributed by atoms with van der Waals surface area (Å²) < 4.78 is 12.3. The lowest BCUT2D eigenvalue weighted by Gasteiger charge is -2.11. The van der Waals surface area contributed by atoms with Crippen LogP contribution in [0, 0.1) is 4.77 Å². The number of nitrogens with zero attached hydrogens (tertiary/aromatic N) is 1. The van der Waals surface area contributed by atoms with Gasteiger partial charge in [0, 0.05) is 12.1 Å². The van der Waals surface area contributed by atoms with E-state index in [1.54, 1.807) is 32.4 Å². The van der Waals surface area contributed by atoms with Crippen LogP contribution < -0.4 is 20.3 Å². The maximum atomic E-state index is 13.0. The Morgan fingerprint density at radius 3 is 2.48 bits per heavy atom. The molecule has 33 heavy (non-hydrogen) atoms. The number of rotatable bonds is 7. The second-order valence-corrected chi connectivity index (χ2v) is 7.75. The second kappa shape index (κ2) is 9.70. The highest BCUT2D eigenvalue weighted by atomic mass is 32.1. The number of methoxy groups -OCH3 is 2. The zero-order valence-corrected chi connectivity index (χ0v) is 19.1. The summed E-state index contributed by atoms with van der Waals surface area (Å²) in [4.78, 5) is 28.8. The molecule has 0 aliphatic carbocycles. The van der Waals surface area contributed by atoms with Crippen molar-refractivity contribution in [2.24, 2.45) is 0 Å². The number of aromatic amines is 1. The molecule has 0 aliphatic heterocycles. The third kappa shape index (κ3) is 4.65. The fourth-order valence-corrected chi connectivity index (χ4v) is 3.93. The van der Waals surface area contributed by atoms with Gasteiger partial charge < -0.3 is 19.8 Å². The number of hydrogen-bond donors (Lipinski definition) is 2. The summed E-state index contributed by atoms with van der Waals surface area (Å²) in [5.74, 6) is 1.07. The molecule has 168 valence electrons. The average Bonchev–Trinajstić information content (AvgIpc) is 2.84. The third-order valence-corrected chi connectivity index (χ3v) is 5.61. The molecule has 1 aromatic heterocycles. The van der Waals surface area contributed by atoms with Crippen molar-refractivity contribution in [2.45, 2.75) is 6.42 Å². The molecule has 0 spiro atoms. The summed E-state index contributed by atoms with van der Waals surface area (Å²) in [5.41, 5.74) is 2.42. The Morgan fingerprint density at radius 1 is 1.00 bits per heavy atom. The smallest absolute Gasteiger partial charge is 0.266 e. The number of amides is 1. The third-order valence-electron chi connectivity index (χ3n) is 5.32. The van der Waals surface area contributed by atoms with Gasteiger partial charge in [-0.1, -0.05) is 24.3 Å². The Labute approximate surface area is 195 Å². The average molecular weight is 462 g/mol. The van der Waals surface area contributed by atoms with E-state index >= 15 is 0 Å². The highest BCUT2D eigenvalue weighted by molar-refractivity contribution is 7.71. The summed E-state index contributed by atoms with van der Waals surface area (Å²) in [6, 6.07) is 19.8. The molecule has 7 nitrogen and oxygen atoms in total. The molecule has 1 amide bonds. The lowest BCUT2D eigenvalue weighted by atomic mass is 10.1. The van der Waals surface area contributed by atoms with Gasteiger partial charge in [0.2, 0.25) is 0 Å². The van der Waals surface area contributed by atoms with Gasteiger partial charge in [0.15, 0.2) is 16.3 Å². The quantitative estimate of drug-likeness (QED) is 0.406. The molecule has 0 bridgehead atoms. The van der Waals surface area contributed by atoms with Crippen LogP contribution in [-0.2, 0) is 6.42 Å². The van der Waals surface area contributed by atoms with Crippen LogP contribution in [0.25, 0.3) is 16.6 Å². The molecular formula is C25H23N3O4S. The van der Waals surface area contributed by atoms with Crippen LogP contribution in [0.5, 0.6) is 11.5 Å². The molecule has 1 heterocycles. The number of carbonyl (C=O) groups is 1. The molecule has 2 N–H and O–H groups in total. The standard InChI is InChI=1S/C25H23N3O4S/c1-31-21-11-8-16(14-22(21)32-2)12-13-26-23(29)17-9-10-19-20(15-17)27-25(33)28(24(19)30)18-6-4-3-5-7-18/h3-11,14-15H,12-13H2,1-2H3,(H,26,29)(H,27,33).